The molecule has 1 saturated heterocycles. The molecule has 22 heteroatoms. The highest BCUT2D eigenvalue weighted by Crippen LogP contribution is 2.19. The Morgan fingerprint density at radius 2 is 0.904 bits per heavy atom. The third-order valence-electron chi connectivity index (χ3n) is 12.0. The summed E-state index contributed by atoms with van der Waals surface area (Å²) in [5, 5.41) is 22.5. The Bertz CT molecular complexity index is 2690. The van der Waals surface area contributed by atoms with Gasteiger partial charge in [-0.1, -0.05) is 98.8 Å². The molecule has 1 fully saturated rings. The average molecular weight is 1010 g/mol. The maximum atomic E-state index is 14.7. The minimum Gasteiger partial charge on any atom is -0.370 e. The summed E-state index contributed by atoms with van der Waals surface area (Å²) < 4.78 is 0. The number of guanidine groups is 2. The molecule has 1 heterocycles. The molecule has 5 rings (SSSR count). The number of hydrogen-bond acceptors (Lipinski definition) is 10. The topological polar surface area (TPSA) is 376 Å². The second-order valence-electron chi connectivity index (χ2n) is 18.4. The second kappa shape index (κ2) is 27.3. The molecule has 6 atom stereocenters. The Kier molecular flexibility index (Phi) is 20.8. The Hall–Kier alpha value is -8.30. The lowest BCUT2D eigenvalue weighted by Gasteiger charge is -2.28. The number of nitrogens with zero attached hydrogens (tertiary/aromatic N) is 2. The molecule has 22 nitrogen and oxygen atoms in total. The van der Waals surface area contributed by atoms with Crippen molar-refractivity contribution in [3.05, 3.63) is 96.1 Å². The van der Waals surface area contributed by atoms with Crippen LogP contribution in [0.1, 0.15) is 69.9 Å². The minimum absolute atomic E-state index is 0.0116. The molecule has 1 aliphatic rings. The van der Waals surface area contributed by atoms with E-state index in [1.54, 1.807) is 12.1 Å². The molecule has 73 heavy (non-hydrogen) atoms. The van der Waals surface area contributed by atoms with E-state index in [1.165, 1.54) is 0 Å². The van der Waals surface area contributed by atoms with Gasteiger partial charge in [-0.3, -0.25) is 48.3 Å². The molecule has 4 aromatic carbocycles. The third kappa shape index (κ3) is 18.1. The first-order valence-corrected chi connectivity index (χ1v) is 24.3. The molecule has 0 unspecified atom stereocenters. The third-order valence-corrected chi connectivity index (χ3v) is 12.0. The quantitative estimate of drug-likeness (QED) is 0.0353. The minimum atomic E-state index is -1.45. The second-order valence-corrected chi connectivity index (χ2v) is 18.4. The van der Waals surface area contributed by atoms with Crippen LogP contribution in [0.4, 0.5) is 0 Å². The zero-order chi connectivity index (χ0) is 53.0. The number of fused-ring (bicyclic) bond motifs is 2. The molecule has 8 amide bonds. The molecular weight excluding hydrogens is 937 g/mol. The smallest absolute Gasteiger partial charge is 0.243 e. The van der Waals surface area contributed by atoms with E-state index in [0.29, 0.717) is 11.1 Å². The van der Waals surface area contributed by atoms with Crippen LogP contribution in [-0.4, -0.2) is 115 Å². The predicted molar refractivity (Wildman–Crippen MR) is 278 cm³/mol. The molecule has 0 radical (unpaired) electrons. The lowest BCUT2D eigenvalue weighted by Crippen LogP contribution is -2.60. The molecule has 0 spiro atoms. The van der Waals surface area contributed by atoms with Crippen LogP contribution in [0.3, 0.4) is 0 Å². The van der Waals surface area contributed by atoms with Crippen LogP contribution in [-0.2, 0) is 51.2 Å². The largest absolute Gasteiger partial charge is 0.370 e. The summed E-state index contributed by atoms with van der Waals surface area (Å²) in [6.45, 7) is 3.15. The van der Waals surface area contributed by atoms with Crippen molar-refractivity contribution in [1.29, 1.82) is 0 Å². The van der Waals surface area contributed by atoms with Crippen LogP contribution >= 0.6 is 0 Å². The Morgan fingerprint density at radius 3 is 1.36 bits per heavy atom. The molecule has 0 aliphatic carbocycles. The van der Waals surface area contributed by atoms with Crippen LogP contribution in [0.15, 0.2) is 94.9 Å². The van der Waals surface area contributed by atoms with Gasteiger partial charge in [-0.05, 0) is 77.1 Å². The number of carbonyl (C=O) groups excluding carboxylic acids is 8. The van der Waals surface area contributed by atoms with Gasteiger partial charge in [0.1, 0.15) is 36.3 Å². The summed E-state index contributed by atoms with van der Waals surface area (Å²) in [7, 11) is 0. The Balaban J connectivity index is 1.58. The molecule has 4 aromatic rings. The summed E-state index contributed by atoms with van der Waals surface area (Å²) in [6.07, 6.45) is -0.374. The van der Waals surface area contributed by atoms with Gasteiger partial charge in [-0.2, -0.15) is 0 Å². The first-order valence-electron chi connectivity index (χ1n) is 24.3. The van der Waals surface area contributed by atoms with Gasteiger partial charge in [-0.15, -0.1) is 0 Å². The number of benzene rings is 4. The SMILES string of the molecule is CC(C)C[C@@H]1NC(=O)[C@H](Cc2ccc3ccccc3c2)NC(=O)[C@H](CCCN=C(N)N)NC(=O)[C@H](CCC(N)=O)NC(=O)CNC(=O)[C@H](Cc2ccc3ccccc3c2)NC(=O)[C@H](CCCN=C(N)N)NC1=O. The molecular formula is C51H68N14O8. The van der Waals surface area contributed by atoms with Crippen molar-refractivity contribution in [2.24, 2.45) is 44.6 Å². The lowest BCUT2D eigenvalue weighted by molar-refractivity contribution is -0.135. The van der Waals surface area contributed by atoms with E-state index < -0.39 is 90.1 Å². The van der Waals surface area contributed by atoms with E-state index in [0.717, 1.165) is 21.5 Å². The predicted octanol–water partition coefficient (Wildman–Crippen LogP) is -0.764. The number of nitrogens with two attached hydrogens (primary N) is 5. The fourth-order valence-electron chi connectivity index (χ4n) is 8.32. The molecule has 0 aromatic heterocycles. The summed E-state index contributed by atoms with van der Waals surface area (Å²) in [6, 6.07) is 18.2. The van der Waals surface area contributed by atoms with Crippen LogP contribution in [0.2, 0.25) is 0 Å². The van der Waals surface area contributed by atoms with Gasteiger partial charge < -0.3 is 65.9 Å². The van der Waals surface area contributed by atoms with E-state index >= 15 is 0 Å². The van der Waals surface area contributed by atoms with Gasteiger partial charge in [-0.25, -0.2) is 0 Å². The van der Waals surface area contributed by atoms with Crippen molar-refractivity contribution in [1.82, 2.24) is 37.2 Å². The van der Waals surface area contributed by atoms with Crippen molar-refractivity contribution in [2.75, 3.05) is 19.6 Å². The number of carbonyl (C=O) groups is 8. The first kappa shape index (κ1) is 55.6. The lowest BCUT2D eigenvalue weighted by atomic mass is 9.98. The molecule has 390 valence electrons. The van der Waals surface area contributed by atoms with E-state index in [4.69, 9.17) is 28.7 Å². The van der Waals surface area contributed by atoms with Gasteiger partial charge in [0.25, 0.3) is 0 Å². The number of rotatable bonds is 17. The summed E-state index contributed by atoms with van der Waals surface area (Å²) >= 11 is 0. The van der Waals surface area contributed by atoms with E-state index in [1.807, 2.05) is 86.6 Å². The average Bonchev–Trinajstić information content (AvgIpc) is 3.34. The van der Waals surface area contributed by atoms with Crippen LogP contribution in [0, 0.1) is 5.92 Å². The molecule has 1 aliphatic heterocycles. The standard InChI is InChI=1S/C51H68N14O8/c1-29(2)23-39-48(72)62-37(14-8-22-58-51(55)56)45(69)64-40(26-30-15-17-32-9-3-5-11-34(32)24-30)44(68)59-28-43(67)60-38(19-20-42(52)66)47(71)61-36(13-7-21-57-50(53)54)46(70)65-41(49(73)63-39)27-31-16-18-33-10-4-6-12-35(33)25-31/h3-6,9-12,15-18,24-25,29,36-41H,7-8,13-14,19-23,26-28H2,1-2H3,(H2,52,66)(H,59,68)(H,60,67)(H,61,71)(H,62,72)(H,63,73)(H,64,69)(H,65,70)(H4,53,54,57)(H4,55,56,58)/t36-,37-,38-,39-,40-,41-/m0/s1. The first-order chi connectivity index (χ1) is 34.8. The maximum absolute atomic E-state index is 14.7. The molecule has 0 bridgehead atoms. The van der Waals surface area contributed by atoms with Crippen molar-refractivity contribution < 1.29 is 38.4 Å². The zero-order valence-electron chi connectivity index (χ0n) is 41.2. The van der Waals surface area contributed by atoms with E-state index in [9.17, 15) is 38.4 Å². The fourth-order valence-corrected chi connectivity index (χ4v) is 8.32. The van der Waals surface area contributed by atoms with Crippen LogP contribution in [0.5, 0.6) is 0 Å². The zero-order valence-corrected chi connectivity index (χ0v) is 41.2. The van der Waals surface area contributed by atoms with E-state index in [-0.39, 0.29) is 88.7 Å². The summed E-state index contributed by atoms with van der Waals surface area (Å²) in [5.41, 5.74) is 29.0. The van der Waals surface area contributed by atoms with Gasteiger partial charge in [0.2, 0.25) is 47.3 Å². The monoisotopic (exact) mass is 1000 g/mol. The van der Waals surface area contributed by atoms with Gasteiger partial charge in [0.05, 0.1) is 6.54 Å². The van der Waals surface area contributed by atoms with Gasteiger partial charge in [0.15, 0.2) is 11.9 Å². The molecule has 0 saturated carbocycles. The number of hydrogen-bond donors (Lipinski definition) is 12. The van der Waals surface area contributed by atoms with Gasteiger partial charge in [0, 0.05) is 32.4 Å². The Labute approximate surface area is 423 Å². The summed E-state index contributed by atoms with van der Waals surface area (Å²) in [4.78, 5) is 120. The number of nitrogens with one attached hydrogen (secondary N) is 7. The van der Waals surface area contributed by atoms with Crippen LogP contribution in [0.25, 0.3) is 21.5 Å². The highest BCUT2D eigenvalue weighted by molar-refractivity contribution is 5.98. The van der Waals surface area contributed by atoms with E-state index in [2.05, 4.69) is 47.2 Å². The van der Waals surface area contributed by atoms with Gasteiger partial charge >= 0.3 is 0 Å². The fraction of sp³-hybridized carbons (Fsp3) is 0.412. The Morgan fingerprint density at radius 1 is 0.507 bits per heavy atom. The number of amides is 8. The maximum Gasteiger partial charge on any atom is 0.243 e. The molecule has 17 N–H and O–H groups in total. The van der Waals surface area contributed by atoms with Crippen molar-refractivity contribution in [3.8, 4) is 0 Å². The summed E-state index contributed by atoms with van der Waals surface area (Å²) in [5.74, 6) is -6.93. The van der Waals surface area contributed by atoms with Crippen LogP contribution < -0.4 is 65.9 Å². The number of primary amides is 1. The van der Waals surface area contributed by atoms with Crippen molar-refractivity contribution in [3.63, 3.8) is 0 Å². The van der Waals surface area contributed by atoms with Crippen molar-refractivity contribution in [2.45, 2.75) is 108 Å². The normalized spacial score (nSPS) is 20.8. The highest BCUT2D eigenvalue weighted by atomic mass is 16.2. The number of aliphatic imine (C=N–C) groups is 2. The van der Waals surface area contributed by atoms with Crippen molar-refractivity contribution >= 4 is 80.7 Å². The highest BCUT2D eigenvalue weighted by Gasteiger charge is 2.34.